The van der Waals surface area contributed by atoms with Gasteiger partial charge in [-0.1, -0.05) is 17.7 Å². The quantitative estimate of drug-likeness (QED) is 0.436. The maximum Gasteiger partial charge on any atom is 0.242 e. The summed E-state index contributed by atoms with van der Waals surface area (Å²) in [4.78, 5) is 11.0. The van der Waals surface area contributed by atoms with Gasteiger partial charge in [-0.05, 0) is 70.1 Å². The molecule has 0 saturated carbocycles. The van der Waals surface area contributed by atoms with Gasteiger partial charge in [0.25, 0.3) is 0 Å². The van der Waals surface area contributed by atoms with Gasteiger partial charge in [0.05, 0.1) is 11.4 Å². The van der Waals surface area contributed by atoms with Crippen LogP contribution in [0, 0.1) is 0 Å². The standard InChI is InChI=1S/C23H27ClN6O2S/c1-15-7-8-16(2)30(15)23-19(5-4-6-20(23)33(31,32)25-3)29-22-13-21(26-14-27-22)28-18-11-9-17(24)10-12-18/h4-6,9-16,25H,7-8H2,1-3H3,(H2,26,27,28,29). The van der Waals surface area contributed by atoms with E-state index in [1.54, 1.807) is 30.3 Å². The first-order valence-electron chi connectivity index (χ1n) is 10.7. The number of para-hydroxylation sites is 1. The number of hydrogen-bond donors (Lipinski definition) is 3. The molecule has 2 heterocycles. The normalized spacial score (nSPS) is 18.4. The van der Waals surface area contributed by atoms with E-state index >= 15 is 0 Å². The Kier molecular flexibility index (Phi) is 6.73. The Morgan fingerprint density at radius 2 is 1.61 bits per heavy atom. The van der Waals surface area contributed by atoms with Crippen LogP contribution in [0.4, 0.5) is 28.7 Å². The molecule has 1 aromatic heterocycles. The SMILES string of the molecule is CNS(=O)(=O)c1cccc(Nc2cc(Nc3ccc(Cl)cc3)ncn2)c1N1C(C)CCC1C. The Labute approximate surface area is 199 Å². The fourth-order valence-corrected chi connectivity index (χ4v) is 5.24. The molecule has 1 aliphatic heterocycles. The lowest BCUT2D eigenvalue weighted by atomic mass is 10.2. The predicted octanol–water partition coefficient (Wildman–Crippen LogP) is 4.90. The molecule has 174 valence electrons. The van der Waals surface area contributed by atoms with Crippen LogP contribution in [0.3, 0.4) is 0 Å². The second-order valence-corrected chi connectivity index (χ2v) is 10.4. The zero-order valence-electron chi connectivity index (χ0n) is 18.7. The van der Waals surface area contributed by atoms with Crippen LogP contribution in [0.2, 0.25) is 5.02 Å². The topological polar surface area (TPSA) is 99.2 Å². The van der Waals surface area contributed by atoms with Gasteiger partial charge in [-0.2, -0.15) is 0 Å². The van der Waals surface area contributed by atoms with Gasteiger partial charge in [0.1, 0.15) is 22.9 Å². The summed E-state index contributed by atoms with van der Waals surface area (Å²) in [5, 5.41) is 7.19. The number of halogens is 1. The van der Waals surface area contributed by atoms with Crippen LogP contribution in [0.25, 0.3) is 0 Å². The van der Waals surface area contributed by atoms with E-state index in [0.29, 0.717) is 28.0 Å². The second-order valence-electron chi connectivity index (χ2n) is 8.09. The van der Waals surface area contributed by atoms with E-state index in [1.807, 2.05) is 18.2 Å². The molecule has 0 aliphatic carbocycles. The summed E-state index contributed by atoms with van der Waals surface area (Å²) in [7, 11) is -2.24. The summed E-state index contributed by atoms with van der Waals surface area (Å²) in [5.41, 5.74) is 2.16. The molecule has 3 N–H and O–H groups in total. The predicted molar refractivity (Wildman–Crippen MR) is 133 cm³/mol. The lowest BCUT2D eigenvalue weighted by Crippen LogP contribution is -2.35. The molecular formula is C23H27ClN6O2S. The van der Waals surface area contributed by atoms with Crippen molar-refractivity contribution in [1.82, 2.24) is 14.7 Å². The number of sulfonamides is 1. The summed E-state index contributed by atoms with van der Waals surface area (Å²) in [6.45, 7) is 4.24. The second kappa shape index (κ2) is 9.54. The fraction of sp³-hybridized carbons (Fsp3) is 0.304. The molecule has 33 heavy (non-hydrogen) atoms. The van der Waals surface area contributed by atoms with Gasteiger partial charge in [0.15, 0.2) is 0 Å². The van der Waals surface area contributed by atoms with Crippen molar-refractivity contribution in [2.75, 3.05) is 22.6 Å². The Morgan fingerprint density at radius 3 is 2.24 bits per heavy atom. The first kappa shape index (κ1) is 23.3. The maximum atomic E-state index is 12.9. The smallest absolute Gasteiger partial charge is 0.242 e. The largest absolute Gasteiger partial charge is 0.363 e. The summed E-state index contributed by atoms with van der Waals surface area (Å²) in [6, 6.07) is 14.7. The minimum absolute atomic E-state index is 0.210. The van der Waals surface area contributed by atoms with Crippen molar-refractivity contribution in [1.29, 1.82) is 0 Å². The van der Waals surface area contributed by atoms with E-state index in [1.165, 1.54) is 13.4 Å². The van der Waals surface area contributed by atoms with Gasteiger partial charge >= 0.3 is 0 Å². The molecule has 0 bridgehead atoms. The van der Waals surface area contributed by atoms with E-state index < -0.39 is 10.0 Å². The maximum absolute atomic E-state index is 12.9. The van der Waals surface area contributed by atoms with E-state index in [4.69, 9.17) is 11.6 Å². The Morgan fingerprint density at radius 1 is 0.970 bits per heavy atom. The van der Waals surface area contributed by atoms with Gasteiger partial charge in [0, 0.05) is 28.9 Å². The average molecular weight is 487 g/mol. The van der Waals surface area contributed by atoms with Crippen molar-refractivity contribution in [2.24, 2.45) is 0 Å². The molecule has 0 spiro atoms. The minimum Gasteiger partial charge on any atom is -0.363 e. The first-order chi connectivity index (χ1) is 15.8. The molecule has 2 aromatic carbocycles. The molecule has 2 atom stereocenters. The third-order valence-electron chi connectivity index (χ3n) is 5.81. The van der Waals surface area contributed by atoms with E-state index in [9.17, 15) is 8.42 Å². The fourth-order valence-electron chi connectivity index (χ4n) is 4.17. The van der Waals surface area contributed by atoms with Crippen LogP contribution in [0.5, 0.6) is 0 Å². The van der Waals surface area contributed by atoms with Crippen molar-refractivity contribution < 1.29 is 8.42 Å². The third kappa shape index (κ3) is 5.05. The molecule has 0 radical (unpaired) electrons. The number of nitrogens with one attached hydrogen (secondary N) is 3. The number of nitrogens with zero attached hydrogens (tertiary/aromatic N) is 3. The minimum atomic E-state index is -3.67. The molecule has 2 unspecified atom stereocenters. The highest BCUT2D eigenvalue weighted by atomic mass is 35.5. The molecule has 1 fully saturated rings. The lowest BCUT2D eigenvalue weighted by Gasteiger charge is -2.32. The highest BCUT2D eigenvalue weighted by molar-refractivity contribution is 7.89. The first-order valence-corrected chi connectivity index (χ1v) is 12.6. The van der Waals surface area contributed by atoms with Crippen molar-refractivity contribution in [3.8, 4) is 0 Å². The van der Waals surface area contributed by atoms with Gasteiger partial charge in [-0.3, -0.25) is 0 Å². The van der Waals surface area contributed by atoms with Crippen molar-refractivity contribution in [3.63, 3.8) is 0 Å². The van der Waals surface area contributed by atoms with Crippen LogP contribution < -0.4 is 20.3 Å². The average Bonchev–Trinajstić information content (AvgIpc) is 3.13. The van der Waals surface area contributed by atoms with Gasteiger partial charge < -0.3 is 15.5 Å². The van der Waals surface area contributed by atoms with Crippen LogP contribution in [0.15, 0.2) is 59.8 Å². The highest BCUT2D eigenvalue weighted by Crippen LogP contribution is 2.41. The lowest BCUT2D eigenvalue weighted by molar-refractivity contribution is 0.586. The van der Waals surface area contributed by atoms with E-state index in [-0.39, 0.29) is 17.0 Å². The number of hydrogen-bond acceptors (Lipinski definition) is 7. The number of rotatable bonds is 7. The molecule has 1 aliphatic rings. The molecule has 8 nitrogen and oxygen atoms in total. The molecular weight excluding hydrogens is 460 g/mol. The monoisotopic (exact) mass is 486 g/mol. The van der Waals surface area contributed by atoms with Gasteiger partial charge in [0.2, 0.25) is 10.0 Å². The van der Waals surface area contributed by atoms with Gasteiger partial charge in [-0.25, -0.2) is 23.1 Å². The van der Waals surface area contributed by atoms with Crippen LogP contribution in [0.1, 0.15) is 26.7 Å². The molecule has 4 rings (SSSR count). The summed E-state index contributed by atoms with van der Waals surface area (Å²) < 4.78 is 28.2. The summed E-state index contributed by atoms with van der Waals surface area (Å²) in [5.74, 6) is 1.14. The molecule has 1 saturated heterocycles. The molecule has 0 amide bonds. The van der Waals surface area contributed by atoms with Crippen molar-refractivity contribution >= 4 is 50.3 Å². The zero-order valence-corrected chi connectivity index (χ0v) is 20.3. The van der Waals surface area contributed by atoms with Crippen molar-refractivity contribution in [2.45, 2.75) is 43.7 Å². The van der Waals surface area contributed by atoms with Crippen LogP contribution in [-0.2, 0) is 10.0 Å². The Balaban J connectivity index is 1.71. The Hall–Kier alpha value is -2.88. The van der Waals surface area contributed by atoms with Crippen LogP contribution >= 0.6 is 11.6 Å². The number of benzene rings is 2. The van der Waals surface area contributed by atoms with Crippen molar-refractivity contribution in [3.05, 3.63) is 59.9 Å². The number of anilines is 5. The third-order valence-corrected chi connectivity index (χ3v) is 7.51. The summed E-state index contributed by atoms with van der Waals surface area (Å²) in [6.07, 6.45) is 3.45. The Bertz CT molecular complexity index is 1230. The molecule has 10 heteroatoms. The number of aromatic nitrogens is 2. The van der Waals surface area contributed by atoms with Gasteiger partial charge in [-0.15, -0.1) is 0 Å². The zero-order chi connectivity index (χ0) is 23.6. The van der Waals surface area contributed by atoms with E-state index in [0.717, 1.165) is 18.5 Å². The van der Waals surface area contributed by atoms with E-state index in [2.05, 4.69) is 44.1 Å². The van der Waals surface area contributed by atoms with Crippen LogP contribution in [-0.4, -0.2) is 37.5 Å². The molecule has 3 aromatic rings. The summed E-state index contributed by atoms with van der Waals surface area (Å²) >= 11 is 5.96. The highest BCUT2D eigenvalue weighted by Gasteiger charge is 2.33.